The van der Waals surface area contributed by atoms with E-state index in [1.807, 2.05) is 0 Å². The minimum Gasteiger partial charge on any atom is -0.495 e. The van der Waals surface area contributed by atoms with Crippen LogP contribution in [0, 0.1) is 5.92 Å². The number of rotatable bonds is 5. The molecule has 2 saturated heterocycles. The van der Waals surface area contributed by atoms with E-state index in [0.717, 1.165) is 32.2 Å². The van der Waals surface area contributed by atoms with Crippen LogP contribution in [0.25, 0.3) is 0 Å². The largest absolute Gasteiger partial charge is 0.495 e. The van der Waals surface area contributed by atoms with Gasteiger partial charge in [-0.1, -0.05) is 0 Å². The molecule has 0 aromatic heterocycles. The van der Waals surface area contributed by atoms with Crippen molar-refractivity contribution in [2.45, 2.75) is 43.5 Å². The average Bonchev–Trinajstić information content (AvgIpc) is 3.17. The smallest absolute Gasteiger partial charge is 0.246 e. The number of methoxy groups -OCH3 is 1. The van der Waals surface area contributed by atoms with E-state index in [9.17, 15) is 13.2 Å². The Labute approximate surface area is 167 Å². The molecule has 0 radical (unpaired) electrons. The van der Waals surface area contributed by atoms with Crippen molar-refractivity contribution in [1.29, 1.82) is 0 Å². The van der Waals surface area contributed by atoms with Crippen LogP contribution in [0.5, 0.6) is 5.75 Å². The fourth-order valence-corrected chi connectivity index (χ4v) is 5.29. The standard InChI is InChI=1S/C18H27N3O4S.ClH/c1-13-11-14(7-8-19-13)18(22)20-15-5-6-17(16(12-15)25-2)26(23,24)21-9-3-4-10-21;/h5-6,12-14,19H,3-4,7-11H2,1-2H3,(H,20,22);1H/t13-,14-;/m0./s1. The Morgan fingerprint density at radius 1 is 1.30 bits per heavy atom. The maximum absolute atomic E-state index is 12.8. The quantitative estimate of drug-likeness (QED) is 0.767. The molecule has 0 aliphatic carbocycles. The number of amides is 1. The molecule has 3 rings (SSSR count). The van der Waals surface area contributed by atoms with Gasteiger partial charge in [0, 0.05) is 36.8 Å². The molecule has 2 N–H and O–H groups in total. The summed E-state index contributed by atoms with van der Waals surface area (Å²) >= 11 is 0. The van der Waals surface area contributed by atoms with Crippen molar-refractivity contribution in [3.8, 4) is 5.75 Å². The fourth-order valence-electron chi connectivity index (χ4n) is 3.64. The molecule has 27 heavy (non-hydrogen) atoms. The number of piperidine rings is 1. The van der Waals surface area contributed by atoms with E-state index in [2.05, 4.69) is 17.6 Å². The number of carbonyl (C=O) groups is 1. The lowest BCUT2D eigenvalue weighted by Crippen LogP contribution is -2.40. The van der Waals surface area contributed by atoms with Gasteiger partial charge in [0.2, 0.25) is 15.9 Å². The lowest BCUT2D eigenvalue weighted by Gasteiger charge is -2.27. The third-order valence-electron chi connectivity index (χ3n) is 5.11. The SMILES string of the molecule is COc1cc(NC(=O)[C@H]2CCN[C@@H](C)C2)ccc1S(=O)(=O)N1CCCC1.Cl. The number of halogens is 1. The topological polar surface area (TPSA) is 87.7 Å². The average molecular weight is 418 g/mol. The number of nitrogens with one attached hydrogen (secondary N) is 2. The maximum atomic E-state index is 12.8. The van der Waals surface area contributed by atoms with Crippen molar-refractivity contribution < 1.29 is 17.9 Å². The maximum Gasteiger partial charge on any atom is 0.246 e. The molecule has 0 saturated carbocycles. The second kappa shape index (κ2) is 9.23. The molecule has 1 aromatic carbocycles. The summed E-state index contributed by atoms with van der Waals surface area (Å²) in [6, 6.07) is 5.06. The Morgan fingerprint density at radius 2 is 2.00 bits per heavy atom. The molecule has 2 heterocycles. The third-order valence-corrected chi connectivity index (χ3v) is 7.05. The normalized spacial score (nSPS) is 23.5. The summed E-state index contributed by atoms with van der Waals surface area (Å²) in [5.41, 5.74) is 0.554. The second-order valence-electron chi connectivity index (χ2n) is 7.04. The van der Waals surface area contributed by atoms with Gasteiger partial charge >= 0.3 is 0 Å². The van der Waals surface area contributed by atoms with Crippen molar-refractivity contribution in [2.24, 2.45) is 5.92 Å². The lowest BCUT2D eigenvalue weighted by atomic mass is 9.92. The Kier molecular flexibility index (Phi) is 7.50. The van der Waals surface area contributed by atoms with Crippen molar-refractivity contribution >= 4 is 34.0 Å². The van der Waals surface area contributed by atoms with E-state index in [1.54, 1.807) is 12.1 Å². The van der Waals surface area contributed by atoms with Crippen LogP contribution in [0.15, 0.2) is 23.1 Å². The minimum absolute atomic E-state index is 0. The van der Waals surface area contributed by atoms with Gasteiger partial charge in [0.25, 0.3) is 0 Å². The number of sulfonamides is 1. The van der Waals surface area contributed by atoms with E-state index in [4.69, 9.17) is 4.74 Å². The van der Waals surface area contributed by atoms with Gasteiger partial charge in [0.05, 0.1) is 7.11 Å². The first-order valence-electron chi connectivity index (χ1n) is 9.14. The molecule has 9 heteroatoms. The first-order valence-corrected chi connectivity index (χ1v) is 10.6. The molecule has 0 spiro atoms. The van der Waals surface area contributed by atoms with E-state index in [0.29, 0.717) is 24.8 Å². The highest BCUT2D eigenvalue weighted by Crippen LogP contribution is 2.31. The summed E-state index contributed by atoms with van der Waals surface area (Å²) < 4.78 is 32.4. The number of hydrogen-bond donors (Lipinski definition) is 2. The van der Waals surface area contributed by atoms with Gasteiger partial charge in [0.1, 0.15) is 10.6 Å². The summed E-state index contributed by atoms with van der Waals surface area (Å²) in [7, 11) is -2.12. The van der Waals surface area contributed by atoms with Crippen LogP contribution in [0.2, 0.25) is 0 Å². The predicted molar refractivity (Wildman–Crippen MR) is 107 cm³/mol. The van der Waals surface area contributed by atoms with Crippen molar-refractivity contribution in [3.63, 3.8) is 0 Å². The summed E-state index contributed by atoms with van der Waals surface area (Å²) in [4.78, 5) is 12.6. The molecular formula is C18H28ClN3O4S. The monoisotopic (exact) mass is 417 g/mol. The Bertz CT molecular complexity index is 766. The zero-order valence-corrected chi connectivity index (χ0v) is 17.4. The van der Waals surface area contributed by atoms with Gasteiger partial charge in [-0.3, -0.25) is 4.79 Å². The molecule has 2 aliphatic rings. The van der Waals surface area contributed by atoms with Gasteiger partial charge in [-0.05, 0) is 51.3 Å². The molecule has 2 fully saturated rings. The summed E-state index contributed by atoms with van der Waals surface area (Å²) in [6.07, 6.45) is 3.35. The van der Waals surface area contributed by atoms with Crippen LogP contribution in [0.4, 0.5) is 5.69 Å². The third kappa shape index (κ3) is 4.93. The highest BCUT2D eigenvalue weighted by Gasteiger charge is 2.30. The Morgan fingerprint density at radius 3 is 2.63 bits per heavy atom. The highest BCUT2D eigenvalue weighted by atomic mass is 35.5. The minimum atomic E-state index is -3.57. The first-order chi connectivity index (χ1) is 12.4. The van der Waals surface area contributed by atoms with E-state index in [1.165, 1.54) is 17.5 Å². The van der Waals surface area contributed by atoms with Crippen LogP contribution in [-0.2, 0) is 14.8 Å². The van der Waals surface area contributed by atoms with Crippen molar-refractivity contribution in [2.75, 3.05) is 32.1 Å². The fraction of sp³-hybridized carbons (Fsp3) is 0.611. The lowest BCUT2D eigenvalue weighted by molar-refractivity contribution is -0.120. The van der Waals surface area contributed by atoms with Crippen LogP contribution in [0.3, 0.4) is 0 Å². The van der Waals surface area contributed by atoms with Crippen LogP contribution < -0.4 is 15.4 Å². The molecule has 1 amide bonds. The molecule has 2 aliphatic heterocycles. The predicted octanol–water partition coefficient (Wildman–Crippen LogP) is 2.23. The molecule has 0 bridgehead atoms. The first kappa shape index (κ1) is 21.9. The van der Waals surface area contributed by atoms with Crippen LogP contribution in [-0.4, -0.2) is 51.4 Å². The Hall–Kier alpha value is -1.35. The van der Waals surface area contributed by atoms with Gasteiger partial charge in [0.15, 0.2) is 0 Å². The number of benzene rings is 1. The molecule has 0 unspecified atom stereocenters. The van der Waals surface area contributed by atoms with E-state index in [-0.39, 0.29) is 34.9 Å². The van der Waals surface area contributed by atoms with Crippen LogP contribution >= 0.6 is 12.4 Å². The molecule has 1 aromatic rings. The molecule has 152 valence electrons. The molecule has 7 nitrogen and oxygen atoms in total. The van der Waals surface area contributed by atoms with Crippen molar-refractivity contribution in [3.05, 3.63) is 18.2 Å². The highest BCUT2D eigenvalue weighted by molar-refractivity contribution is 7.89. The van der Waals surface area contributed by atoms with Gasteiger partial charge < -0.3 is 15.4 Å². The second-order valence-corrected chi connectivity index (χ2v) is 8.95. The van der Waals surface area contributed by atoms with Gasteiger partial charge in [-0.25, -0.2) is 8.42 Å². The van der Waals surface area contributed by atoms with Gasteiger partial charge in [-0.2, -0.15) is 4.31 Å². The summed E-state index contributed by atoms with van der Waals surface area (Å²) in [6.45, 7) is 3.98. The Balaban J connectivity index is 0.00000261. The van der Waals surface area contributed by atoms with E-state index >= 15 is 0 Å². The number of hydrogen-bond acceptors (Lipinski definition) is 5. The van der Waals surface area contributed by atoms with Crippen LogP contribution in [0.1, 0.15) is 32.6 Å². The zero-order chi connectivity index (χ0) is 18.7. The van der Waals surface area contributed by atoms with E-state index < -0.39 is 10.0 Å². The number of anilines is 1. The molecule has 2 atom stereocenters. The number of ether oxygens (including phenoxy) is 1. The zero-order valence-electron chi connectivity index (χ0n) is 15.7. The number of nitrogens with zero attached hydrogens (tertiary/aromatic N) is 1. The summed E-state index contributed by atoms with van der Waals surface area (Å²) in [5.74, 6) is 0.189. The molecular weight excluding hydrogens is 390 g/mol. The van der Waals surface area contributed by atoms with Crippen molar-refractivity contribution in [1.82, 2.24) is 9.62 Å². The van der Waals surface area contributed by atoms with Gasteiger partial charge in [-0.15, -0.1) is 12.4 Å². The summed E-state index contributed by atoms with van der Waals surface area (Å²) in [5, 5.41) is 6.23. The number of carbonyl (C=O) groups excluding carboxylic acids is 1.